The fourth-order valence-corrected chi connectivity index (χ4v) is 2.86. The number of nitrogens with one attached hydrogen (secondary N) is 1. The summed E-state index contributed by atoms with van der Waals surface area (Å²) >= 11 is 0. The van der Waals surface area contributed by atoms with E-state index in [4.69, 9.17) is 5.73 Å². The topological polar surface area (TPSA) is 58.4 Å². The summed E-state index contributed by atoms with van der Waals surface area (Å²) in [5.74, 6) is 0.535. The van der Waals surface area contributed by atoms with Crippen LogP contribution in [0.2, 0.25) is 0 Å². The second-order valence-corrected chi connectivity index (χ2v) is 6.58. The summed E-state index contributed by atoms with van der Waals surface area (Å²) in [5.41, 5.74) is 7.16. The minimum absolute atomic E-state index is 0. The molecule has 0 aromatic heterocycles. The molecule has 138 valence electrons. The summed E-state index contributed by atoms with van der Waals surface area (Å²) in [6.07, 6.45) is 2.27. The molecular formula is C18H31Cl2N3O. The molecule has 3 atom stereocenters. The molecular weight excluding hydrogens is 345 g/mol. The Hall–Kier alpha value is -0.810. The first-order valence-corrected chi connectivity index (χ1v) is 8.36. The summed E-state index contributed by atoms with van der Waals surface area (Å²) in [7, 11) is 0. The highest BCUT2D eigenvalue weighted by molar-refractivity contribution is 5.85. The maximum Gasteiger partial charge on any atom is 0.224 e. The van der Waals surface area contributed by atoms with Gasteiger partial charge in [-0.05, 0) is 37.8 Å². The first kappa shape index (κ1) is 23.2. The highest BCUT2D eigenvalue weighted by Gasteiger charge is 2.24. The number of hydrogen-bond acceptors (Lipinski definition) is 3. The summed E-state index contributed by atoms with van der Waals surface area (Å²) in [4.78, 5) is 14.4. The van der Waals surface area contributed by atoms with E-state index in [1.165, 1.54) is 12.0 Å². The number of carbonyl (C=O) groups excluding carboxylic acids is 1. The number of amides is 1. The van der Waals surface area contributed by atoms with Gasteiger partial charge in [0, 0.05) is 31.6 Å². The van der Waals surface area contributed by atoms with Gasteiger partial charge in [-0.15, -0.1) is 24.8 Å². The fourth-order valence-electron chi connectivity index (χ4n) is 2.86. The molecule has 1 saturated heterocycles. The molecule has 1 fully saturated rings. The molecule has 1 heterocycles. The molecule has 3 unspecified atom stereocenters. The minimum atomic E-state index is -0.115. The van der Waals surface area contributed by atoms with Gasteiger partial charge in [0.1, 0.15) is 0 Å². The second-order valence-electron chi connectivity index (χ2n) is 6.58. The average molecular weight is 376 g/mol. The summed E-state index contributed by atoms with van der Waals surface area (Å²) in [6, 6.07) is 10.5. The van der Waals surface area contributed by atoms with Crippen LogP contribution in [0.3, 0.4) is 0 Å². The van der Waals surface area contributed by atoms with Crippen molar-refractivity contribution in [1.29, 1.82) is 0 Å². The van der Waals surface area contributed by atoms with E-state index in [9.17, 15) is 4.79 Å². The molecule has 0 saturated carbocycles. The Morgan fingerprint density at radius 1 is 1.29 bits per heavy atom. The number of hydrogen-bond donors (Lipinski definition) is 2. The molecule has 1 aliphatic rings. The third-order valence-electron chi connectivity index (χ3n) is 4.70. The van der Waals surface area contributed by atoms with E-state index in [1.807, 2.05) is 13.8 Å². The molecule has 6 heteroatoms. The smallest absolute Gasteiger partial charge is 0.224 e. The largest absolute Gasteiger partial charge is 0.355 e. The predicted molar refractivity (Wildman–Crippen MR) is 105 cm³/mol. The van der Waals surface area contributed by atoms with Gasteiger partial charge in [0.15, 0.2) is 0 Å². The van der Waals surface area contributed by atoms with E-state index in [1.54, 1.807) is 0 Å². The number of carbonyl (C=O) groups is 1. The number of benzene rings is 1. The van der Waals surface area contributed by atoms with E-state index >= 15 is 0 Å². The van der Waals surface area contributed by atoms with Gasteiger partial charge in [0.25, 0.3) is 0 Å². The molecule has 1 aromatic rings. The van der Waals surface area contributed by atoms with Crippen molar-refractivity contribution in [3.63, 3.8) is 0 Å². The number of halogens is 2. The quantitative estimate of drug-likeness (QED) is 0.769. The van der Waals surface area contributed by atoms with Gasteiger partial charge in [0.05, 0.1) is 0 Å². The maximum atomic E-state index is 11.9. The van der Waals surface area contributed by atoms with Crippen LogP contribution in [0.25, 0.3) is 0 Å². The molecule has 1 aromatic carbocycles. The normalized spacial score (nSPS) is 19.7. The predicted octanol–water partition coefficient (Wildman–Crippen LogP) is 2.49. The summed E-state index contributed by atoms with van der Waals surface area (Å²) < 4.78 is 0. The van der Waals surface area contributed by atoms with Crippen molar-refractivity contribution in [2.24, 2.45) is 17.6 Å². The lowest BCUT2D eigenvalue weighted by Crippen LogP contribution is -2.40. The maximum absolute atomic E-state index is 11.9. The molecule has 1 amide bonds. The van der Waals surface area contributed by atoms with Crippen LogP contribution in [0.5, 0.6) is 0 Å². The monoisotopic (exact) mass is 375 g/mol. The summed E-state index contributed by atoms with van der Waals surface area (Å²) in [6.45, 7) is 7.87. The summed E-state index contributed by atoms with van der Waals surface area (Å²) in [5, 5.41) is 3.05. The van der Waals surface area contributed by atoms with Gasteiger partial charge in [-0.1, -0.05) is 37.3 Å². The van der Waals surface area contributed by atoms with Crippen molar-refractivity contribution in [3.8, 4) is 0 Å². The van der Waals surface area contributed by atoms with Crippen LogP contribution in [0, 0.1) is 11.8 Å². The lowest BCUT2D eigenvalue weighted by atomic mass is 10.0. The lowest BCUT2D eigenvalue weighted by Gasteiger charge is -2.18. The van der Waals surface area contributed by atoms with Crippen molar-refractivity contribution >= 4 is 30.7 Å². The van der Waals surface area contributed by atoms with Gasteiger partial charge in [0.2, 0.25) is 5.91 Å². The van der Waals surface area contributed by atoms with Crippen molar-refractivity contribution < 1.29 is 4.79 Å². The van der Waals surface area contributed by atoms with E-state index < -0.39 is 0 Å². The first-order chi connectivity index (χ1) is 10.6. The van der Waals surface area contributed by atoms with Gasteiger partial charge >= 0.3 is 0 Å². The standard InChI is InChI=1S/C18H29N3O.2ClH/c1-14(15(2)19)18(22)20-12-17-9-11-21(13-17)10-8-16-6-4-3-5-7-16;;/h3-7,14-15,17H,8-13,19H2,1-2H3,(H,20,22);2*1H. The third-order valence-corrected chi connectivity index (χ3v) is 4.70. The molecule has 2 rings (SSSR count). The highest BCUT2D eigenvalue weighted by atomic mass is 35.5. The van der Waals surface area contributed by atoms with Crippen LogP contribution >= 0.6 is 24.8 Å². The molecule has 24 heavy (non-hydrogen) atoms. The SMILES string of the molecule is CC(N)C(C)C(=O)NCC1CCN(CCc2ccccc2)C1.Cl.Cl. The van der Waals surface area contributed by atoms with Gasteiger partial charge in [-0.3, -0.25) is 4.79 Å². The van der Waals surface area contributed by atoms with Crippen LogP contribution in [0.1, 0.15) is 25.8 Å². The zero-order chi connectivity index (χ0) is 15.9. The molecule has 0 aliphatic carbocycles. The Morgan fingerprint density at radius 2 is 1.96 bits per heavy atom. The van der Waals surface area contributed by atoms with Gasteiger partial charge in [-0.25, -0.2) is 0 Å². The third kappa shape index (κ3) is 7.39. The minimum Gasteiger partial charge on any atom is -0.355 e. The van der Waals surface area contributed by atoms with Gasteiger partial charge < -0.3 is 16.0 Å². The zero-order valence-electron chi connectivity index (χ0n) is 14.6. The van der Waals surface area contributed by atoms with E-state index in [0.717, 1.165) is 32.6 Å². The number of nitrogens with zero attached hydrogens (tertiary/aromatic N) is 1. The van der Waals surface area contributed by atoms with Crippen molar-refractivity contribution in [2.45, 2.75) is 32.7 Å². The Labute approximate surface area is 158 Å². The van der Waals surface area contributed by atoms with Crippen molar-refractivity contribution in [2.75, 3.05) is 26.2 Å². The van der Waals surface area contributed by atoms with Crippen LogP contribution in [-0.2, 0) is 11.2 Å². The van der Waals surface area contributed by atoms with E-state index in [2.05, 4.69) is 40.5 Å². The fraction of sp³-hybridized carbons (Fsp3) is 0.611. The van der Waals surface area contributed by atoms with Crippen molar-refractivity contribution in [3.05, 3.63) is 35.9 Å². The highest BCUT2D eigenvalue weighted by Crippen LogP contribution is 2.16. The van der Waals surface area contributed by atoms with E-state index in [-0.39, 0.29) is 42.7 Å². The average Bonchev–Trinajstić information content (AvgIpc) is 2.98. The molecule has 0 spiro atoms. The van der Waals surface area contributed by atoms with Crippen molar-refractivity contribution in [1.82, 2.24) is 10.2 Å². The lowest BCUT2D eigenvalue weighted by molar-refractivity contribution is -0.125. The number of rotatable bonds is 7. The molecule has 4 nitrogen and oxygen atoms in total. The Bertz CT molecular complexity index is 471. The molecule has 0 radical (unpaired) electrons. The van der Waals surface area contributed by atoms with Crippen LogP contribution in [-0.4, -0.2) is 43.0 Å². The molecule has 0 bridgehead atoms. The number of nitrogens with two attached hydrogens (primary N) is 1. The Balaban J connectivity index is 0.00000264. The van der Waals surface area contributed by atoms with Crippen LogP contribution in [0.15, 0.2) is 30.3 Å². The Morgan fingerprint density at radius 3 is 2.58 bits per heavy atom. The first-order valence-electron chi connectivity index (χ1n) is 8.36. The second kappa shape index (κ2) is 11.7. The molecule has 1 aliphatic heterocycles. The van der Waals surface area contributed by atoms with Gasteiger partial charge in [-0.2, -0.15) is 0 Å². The van der Waals surface area contributed by atoms with Crippen LogP contribution < -0.4 is 11.1 Å². The van der Waals surface area contributed by atoms with Crippen LogP contribution in [0.4, 0.5) is 0 Å². The Kier molecular flexibility index (Phi) is 11.3. The van der Waals surface area contributed by atoms with E-state index in [0.29, 0.717) is 5.92 Å². The number of likely N-dealkylation sites (tertiary alicyclic amines) is 1. The molecule has 3 N–H and O–H groups in total. The zero-order valence-corrected chi connectivity index (χ0v) is 16.2.